The summed E-state index contributed by atoms with van der Waals surface area (Å²) in [5.41, 5.74) is 3.29. The molecule has 1 aromatic heterocycles. The molecule has 3 N–H and O–H groups in total. The molecule has 32 heavy (non-hydrogen) atoms. The second-order valence-corrected chi connectivity index (χ2v) is 8.04. The number of fused-ring (bicyclic) bond motifs is 1. The lowest BCUT2D eigenvalue weighted by Crippen LogP contribution is -2.45. The number of para-hydroxylation sites is 1. The van der Waals surface area contributed by atoms with Gasteiger partial charge in [0.05, 0.1) is 18.7 Å². The minimum atomic E-state index is -1.12. The van der Waals surface area contributed by atoms with Crippen LogP contribution in [0.1, 0.15) is 17.5 Å². The molecule has 2 amide bonds. The van der Waals surface area contributed by atoms with Crippen molar-refractivity contribution in [3.8, 4) is 5.75 Å². The predicted octanol–water partition coefficient (Wildman–Crippen LogP) is 2.65. The van der Waals surface area contributed by atoms with Crippen LogP contribution in [0.2, 0.25) is 0 Å². The highest BCUT2D eigenvalue weighted by molar-refractivity contribution is 6.02. The van der Waals surface area contributed by atoms with Gasteiger partial charge in [0.1, 0.15) is 11.8 Å². The molecule has 1 saturated heterocycles. The number of nitrogens with one attached hydrogen (secondary N) is 2. The van der Waals surface area contributed by atoms with Crippen molar-refractivity contribution in [2.24, 2.45) is 5.92 Å². The molecule has 1 fully saturated rings. The number of amides is 2. The fourth-order valence-electron chi connectivity index (χ4n) is 4.14. The predicted molar refractivity (Wildman–Crippen MR) is 120 cm³/mol. The van der Waals surface area contributed by atoms with Gasteiger partial charge in [0.2, 0.25) is 11.8 Å². The Hall–Kier alpha value is -3.81. The van der Waals surface area contributed by atoms with Crippen LogP contribution < -0.4 is 15.0 Å². The van der Waals surface area contributed by atoms with Gasteiger partial charge < -0.3 is 25.0 Å². The van der Waals surface area contributed by atoms with Crippen molar-refractivity contribution < 1.29 is 24.2 Å². The standard InChI is InChI=1S/C24H25N3O5/c1-14-7-8-21(32-2)20(9-14)27-13-16(11-22(27)28)23(29)26-19(24(30)31)10-15-12-25-18-6-4-3-5-17(15)18/h3-9,12,16,19,25H,10-11,13H2,1-2H3,(H,26,29)(H,30,31). The number of H-pyrrole nitrogens is 1. The molecule has 166 valence electrons. The van der Waals surface area contributed by atoms with Crippen molar-refractivity contribution in [1.29, 1.82) is 0 Å². The number of carbonyl (C=O) groups is 3. The Labute approximate surface area is 185 Å². The van der Waals surface area contributed by atoms with Crippen molar-refractivity contribution in [3.05, 3.63) is 59.8 Å². The van der Waals surface area contributed by atoms with Crippen molar-refractivity contribution in [2.75, 3.05) is 18.6 Å². The second kappa shape index (κ2) is 8.74. The Morgan fingerprint density at radius 1 is 1.28 bits per heavy atom. The van der Waals surface area contributed by atoms with Gasteiger partial charge in [-0.1, -0.05) is 24.3 Å². The molecule has 0 bridgehead atoms. The smallest absolute Gasteiger partial charge is 0.326 e. The Bertz CT molecular complexity index is 1190. The maximum Gasteiger partial charge on any atom is 0.326 e. The number of aryl methyl sites for hydroxylation is 1. The fraction of sp³-hybridized carbons (Fsp3) is 0.292. The number of aliphatic carboxylic acids is 1. The van der Waals surface area contributed by atoms with E-state index >= 15 is 0 Å². The molecule has 0 radical (unpaired) electrons. The van der Waals surface area contributed by atoms with Gasteiger partial charge in [-0.2, -0.15) is 0 Å². The summed E-state index contributed by atoms with van der Waals surface area (Å²) >= 11 is 0. The van der Waals surface area contributed by atoms with Crippen LogP contribution in [-0.2, 0) is 20.8 Å². The van der Waals surface area contributed by atoms with Crippen LogP contribution in [-0.4, -0.2) is 47.6 Å². The Morgan fingerprint density at radius 2 is 2.06 bits per heavy atom. The third-order valence-corrected chi connectivity index (χ3v) is 5.83. The number of rotatable bonds is 7. The first-order valence-electron chi connectivity index (χ1n) is 10.4. The number of methoxy groups -OCH3 is 1. The van der Waals surface area contributed by atoms with Gasteiger partial charge in [-0.25, -0.2) is 4.79 Å². The van der Waals surface area contributed by atoms with E-state index in [0.717, 1.165) is 22.0 Å². The van der Waals surface area contributed by atoms with Gasteiger partial charge in [0, 0.05) is 36.5 Å². The second-order valence-electron chi connectivity index (χ2n) is 8.04. The molecule has 3 aromatic rings. The Balaban J connectivity index is 1.48. The number of aromatic amines is 1. The van der Waals surface area contributed by atoms with Gasteiger partial charge in [-0.15, -0.1) is 0 Å². The highest BCUT2D eigenvalue weighted by Crippen LogP contribution is 2.34. The van der Waals surface area contributed by atoms with E-state index in [2.05, 4.69) is 10.3 Å². The maximum atomic E-state index is 12.9. The molecule has 8 nitrogen and oxygen atoms in total. The molecule has 0 saturated carbocycles. The molecule has 2 atom stereocenters. The van der Waals surface area contributed by atoms with Crippen LogP contribution in [0.5, 0.6) is 5.75 Å². The van der Waals surface area contributed by atoms with Crippen LogP contribution in [0.4, 0.5) is 5.69 Å². The van der Waals surface area contributed by atoms with Gasteiger partial charge >= 0.3 is 5.97 Å². The van der Waals surface area contributed by atoms with E-state index in [1.165, 1.54) is 12.0 Å². The third-order valence-electron chi connectivity index (χ3n) is 5.83. The molecule has 0 spiro atoms. The lowest BCUT2D eigenvalue weighted by molar-refractivity contribution is -0.142. The van der Waals surface area contributed by atoms with Crippen LogP contribution in [0.3, 0.4) is 0 Å². The van der Waals surface area contributed by atoms with E-state index in [4.69, 9.17) is 4.74 Å². The SMILES string of the molecule is COc1ccc(C)cc1N1CC(C(=O)NC(Cc2c[nH]c3ccccc23)C(=O)O)CC1=O. The van der Waals surface area contributed by atoms with Crippen molar-refractivity contribution in [2.45, 2.75) is 25.8 Å². The molecule has 2 unspecified atom stereocenters. The van der Waals surface area contributed by atoms with Crippen molar-refractivity contribution in [3.63, 3.8) is 0 Å². The maximum absolute atomic E-state index is 12.9. The summed E-state index contributed by atoms with van der Waals surface area (Å²) < 4.78 is 5.37. The van der Waals surface area contributed by atoms with E-state index in [1.807, 2.05) is 43.3 Å². The van der Waals surface area contributed by atoms with E-state index < -0.39 is 23.8 Å². The average Bonchev–Trinajstić information content (AvgIpc) is 3.36. The summed E-state index contributed by atoms with van der Waals surface area (Å²) in [5, 5.41) is 13.2. The highest BCUT2D eigenvalue weighted by atomic mass is 16.5. The van der Waals surface area contributed by atoms with Gasteiger partial charge in [-0.3, -0.25) is 9.59 Å². The van der Waals surface area contributed by atoms with Gasteiger partial charge in [-0.05, 0) is 36.2 Å². The van der Waals surface area contributed by atoms with Crippen molar-refractivity contribution in [1.82, 2.24) is 10.3 Å². The number of carboxylic acid groups (broad SMARTS) is 1. The quantitative estimate of drug-likeness (QED) is 0.528. The van der Waals surface area contributed by atoms with Crippen LogP contribution >= 0.6 is 0 Å². The van der Waals surface area contributed by atoms with Gasteiger partial charge in [0.15, 0.2) is 0 Å². The average molecular weight is 435 g/mol. The molecule has 8 heteroatoms. The van der Waals surface area contributed by atoms with E-state index in [-0.39, 0.29) is 25.3 Å². The monoisotopic (exact) mass is 435 g/mol. The molecule has 2 heterocycles. The van der Waals surface area contributed by atoms with Gasteiger partial charge in [0.25, 0.3) is 0 Å². The first-order valence-corrected chi connectivity index (χ1v) is 10.4. The summed E-state index contributed by atoms with van der Waals surface area (Å²) in [6.07, 6.45) is 1.92. The van der Waals surface area contributed by atoms with Crippen molar-refractivity contribution >= 4 is 34.4 Å². The lowest BCUT2D eigenvalue weighted by Gasteiger charge is -2.21. The number of benzene rings is 2. The zero-order valence-electron chi connectivity index (χ0n) is 17.9. The zero-order valence-corrected chi connectivity index (χ0v) is 17.9. The number of ether oxygens (including phenoxy) is 1. The molecule has 4 rings (SSSR count). The number of nitrogens with zero attached hydrogens (tertiary/aromatic N) is 1. The molecular formula is C24H25N3O5. The van der Waals surface area contributed by atoms with Crippen LogP contribution in [0.15, 0.2) is 48.7 Å². The van der Waals surface area contributed by atoms with E-state index in [9.17, 15) is 19.5 Å². The van der Waals surface area contributed by atoms with E-state index in [0.29, 0.717) is 11.4 Å². The summed E-state index contributed by atoms with van der Waals surface area (Å²) in [7, 11) is 1.53. The number of anilines is 1. The van der Waals surface area contributed by atoms with Crippen LogP contribution in [0, 0.1) is 12.8 Å². The molecule has 1 aliphatic heterocycles. The number of carbonyl (C=O) groups excluding carboxylic acids is 2. The number of aromatic nitrogens is 1. The number of hydrogen-bond acceptors (Lipinski definition) is 4. The third kappa shape index (κ3) is 4.16. The van der Waals surface area contributed by atoms with Crippen LogP contribution in [0.25, 0.3) is 10.9 Å². The minimum Gasteiger partial charge on any atom is -0.495 e. The normalized spacial score (nSPS) is 16.9. The number of hydrogen-bond donors (Lipinski definition) is 3. The molecule has 0 aliphatic carbocycles. The van der Waals surface area contributed by atoms with E-state index in [1.54, 1.807) is 12.3 Å². The highest BCUT2D eigenvalue weighted by Gasteiger charge is 2.37. The fourth-order valence-corrected chi connectivity index (χ4v) is 4.14. The summed E-state index contributed by atoms with van der Waals surface area (Å²) in [6, 6.07) is 12.0. The molecular weight excluding hydrogens is 410 g/mol. The zero-order chi connectivity index (χ0) is 22.8. The molecule has 1 aliphatic rings. The Kier molecular flexibility index (Phi) is 5.85. The first-order chi connectivity index (χ1) is 15.4. The Morgan fingerprint density at radius 3 is 2.81 bits per heavy atom. The first kappa shape index (κ1) is 21.4. The molecule has 2 aromatic carbocycles. The largest absolute Gasteiger partial charge is 0.495 e. The summed E-state index contributed by atoms with van der Waals surface area (Å²) in [6.45, 7) is 2.08. The summed E-state index contributed by atoms with van der Waals surface area (Å²) in [4.78, 5) is 42.1. The number of carboxylic acids is 1. The lowest BCUT2D eigenvalue weighted by atomic mass is 10.0. The minimum absolute atomic E-state index is 0.0162. The topological polar surface area (TPSA) is 112 Å². The summed E-state index contributed by atoms with van der Waals surface area (Å²) in [5.74, 6) is -1.85.